The molecule has 23 heavy (non-hydrogen) atoms. The van der Waals surface area contributed by atoms with Gasteiger partial charge >= 0.3 is 6.18 Å². The summed E-state index contributed by atoms with van der Waals surface area (Å²) >= 11 is 0. The van der Waals surface area contributed by atoms with Crippen LogP contribution in [0.25, 0.3) is 16.9 Å². The maximum atomic E-state index is 12.9. The molecule has 116 valence electrons. The number of aryl methyl sites for hydroxylation is 1. The Hall–Kier alpha value is -2.88. The average molecular weight is 316 g/mol. The van der Waals surface area contributed by atoms with Gasteiger partial charge < -0.3 is 0 Å². The number of alkyl halides is 3. The van der Waals surface area contributed by atoms with Gasteiger partial charge in [0.05, 0.1) is 17.0 Å². The molecule has 3 rings (SSSR count). The van der Waals surface area contributed by atoms with Gasteiger partial charge in [0.15, 0.2) is 5.65 Å². The third-order valence-electron chi connectivity index (χ3n) is 3.52. The molecule has 0 aliphatic heterocycles. The van der Waals surface area contributed by atoms with Crippen LogP contribution in [0.5, 0.6) is 0 Å². The summed E-state index contributed by atoms with van der Waals surface area (Å²) in [6, 6.07) is 8.64. The van der Waals surface area contributed by atoms with Crippen molar-refractivity contribution in [3.05, 3.63) is 53.3 Å². The molecular formula is C16H11F3N4. The van der Waals surface area contributed by atoms with Crippen molar-refractivity contribution in [3.63, 3.8) is 0 Å². The lowest BCUT2D eigenvalue weighted by Crippen LogP contribution is -2.05. The van der Waals surface area contributed by atoms with Crippen molar-refractivity contribution < 1.29 is 13.2 Å². The first kappa shape index (κ1) is 15.0. The molecule has 0 amide bonds. The zero-order valence-corrected chi connectivity index (χ0v) is 12.1. The Morgan fingerprint density at radius 1 is 1.26 bits per heavy atom. The van der Waals surface area contributed by atoms with E-state index in [1.807, 2.05) is 6.92 Å². The van der Waals surface area contributed by atoms with Crippen LogP contribution in [-0.4, -0.2) is 14.6 Å². The first-order valence-corrected chi connectivity index (χ1v) is 6.90. The molecule has 0 saturated carbocycles. The number of fused-ring (bicyclic) bond motifs is 1. The van der Waals surface area contributed by atoms with Gasteiger partial charge in [0.1, 0.15) is 11.6 Å². The number of hydrogen-bond donors (Lipinski definition) is 0. The van der Waals surface area contributed by atoms with Gasteiger partial charge in [-0.1, -0.05) is 19.1 Å². The van der Waals surface area contributed by atoms with Gasteiger partial charge in [-0.3, -0.25) is 0 Å². The summed E-state index contributed by atoms with van der Waals surface area (Å²) in [4.78, 5) is 4.13. The van der Waals surface area contributed by atoms with E-state index in [2.05, 4.69) is 16.2 Å². The van der Waals surface area contributed by atoms with E-state index in [9.17, 15) is 18.4 Å². The van der Waals surface area contributed by atoms with Gasteiger partial charge in [-0.05, 0) is 24.6 Å². The summed E-state index contributed by atoms with van der Waals surface area (Å²) in [5.74, 6) is 0. The maximum Gasteiger partial charge on any atom is 0.416 e. The van der Waals surface area contributed by atoms with Crippen molar-refractivity contribution in [2.45, 2.75) is 19.5 Å². The first-order chi connectivity index (χ1) is 11.0. The van der Waals surface area contributed by atoms with E-state index in [-0.39, 0.29) is 0 Å². The molecule has 0 saturated heterocycles. The van der Waals surface area contributed by atoms with Gasteiger partial charge in [-0.2, -0.15) is 23.5 Å². The Bertz CT molecular complexity index is 919. The highest BCUT2D eigenvalue weighted by Crippen LogP contribution is 2.32. The van der Waals surface area contributed by atoms with Crippen molar-refractivity contribution >= 4 is 5.65 Å². The van der Waals surface area contributed by atoms with Crippen molar-refractivity contribution in [3.8, 4) is 17.3 Å². The van der Waals surface area contributed by atoms with E-state index in [0.29, 0.717) is 34.6 Å². The van der Waals surface area contributed by atoms with E-state index < -0.39 is 11.7 Å². The minimum Gasteiger partial charge on any atom is -0.236 e. The van der Waals surface area contributed by atoms with Gasteiger partial charge in [0, 0.05) is 11.8 Å². The van der Waals surface area contributed by atoms with Gasteiger partial charge in [-0.25, -0.2) is 9.50 Å². The van der Waals surface area contributed by atoms with E-state index in [1.54, 1.807) is 12.1 Å². The summed E-state index contributed by atoms with van der Waals surface area (Å²) < 4.78 is 40.1. The van der Waals surface area contributed by atoms with Crippen molar-refractivity contribution in [2.24, 2.45) is 0 Å². The fourth-order valence-corrected chi connectivity index (χ4v) is 2.42. The van der Waals surface area contributed by atoms with Gasteiger partial charge in [0.25, 0.3) is 0 Å². The molecule has 1 aromatic carbocycles. The lowest BCUT2D eigenvalue weighted by molar-refractivity contribution is -0.137. The largest absolute Gasteiger partial charge is 0.416 e. The normalized spacial score (nSPS) is 11.6. The highest BCUT2D eigenvalue weighted by Gasteiger charge is 2.30. The number of benzene rings is 1. The summed E-state index contributed by atoms with van der Waals surface area (Å²) in [7, 11) is 0. The van der Waals surface area contributed by atoms with Gasteiger partial charge in [0.2, 0.25) is 0 Å². The molecule has 0 aliphatic carbocycles. The quantitative estimate of drug-likeness (QED) is 0.721. The van der Waals surface area contributed by atoms with E-state index in [4.69, 9.17) is 0 Å². The molecule has 0 N–H and O–H groups in total. The number of nitrogens with zero attached hydrogens (tertiary/aromatic N) is 4. The van der Waals surface area contributed by atoms with Crippen LogP contribution >= 0.6 is 0 Å². The Morgan fingerprint density at radius 2 is 2.04 bits per heavy atom. The average Bonchev–Trinajstić information content (AvgIpc) is 2.91. The zero-order valence-electron chi connectivity index (χ0n) is 12.1. The maximum absolute atomic E-state index is 12.9. The molecule has 0 radical (unpaired) electrons. The van der Waals surface area contributed by atoms with Crippen LogP contribution in [-0.2, 0) is 12.6 Å². The number of rotatable bonds is 2. The molecule has 0 aliphatic rings. The Labute approximate surface area is 129 Å². The number of aromatic nitrogens is 3. The molecule has 3 aromatic rings. The van der Waals surface area contributed by atoms with Crippen LogP contribution in [0.15, 0.2) is 36.5 Å². The lowest BCUT2D eigenvalue weighted by atomic mass is 10.1. The Balaban J connectivity index is 2.26. The third kappa shape index (κ3) is 2.52. The zero-order chi connectivity index (χ0) is 16.6. The van der Waals surface area contributed by atoms with Crippen LogP contribution in [0.2, 0.25) is 0 Å². The number of halogens is 3. The summed E-state index contributed by atoms with van der Waals surface area (Å²) in [6.45, 7) is 1.85. The monoisotopic (exact) mass is 316 g/mol. The molecular weight excluding hydrogens is 305 g/mol. The van der Waals surface area contributed by atoms with E-state index in [1.165, 1.54) is 16.8 Å². The second-order valence-electron chi connectivity index (χ2n) is 4.93. The van der Waals surface area contributed by atoms with Crippen molar-refractivity contribution in [1.82, 2.24) is 14.6 Å². The molecule has 2 heterocycles. The van der Waals surface area contributed by atoms with Gasteiger partial charge in [-0.15, -0.1) is 0 Å². The first-order valence-electron chi connectivity index (χ1n) is 6.90. The van der Waals surface area contributed by atoms with E-state index in [0.717, 1.165) is 12.1 Å². The summed E-state index contributed by atoms with van der Waals surface area (Å²) in [5.41, 5.74) is 1.35. The lowest BCUT2D eigenvalue weighted by Gasteiger charge is -2.09. The van der Waals surface area contributed by atoms with Crippen LogP contribution < -0.4 is 0 Å². The van der Waals surface area contributed by atoms with Crippen LogP contribution in [0.1, 0.15) is 23.7 Å². The minimum absolute atomic E-state index is 0.347. The SMILES string of the molecule is CCc1nn2c(-c3cccc(C(F)(F)F)c3)ccnc2c1C#N. The van der Waals surface area contributed by atoms with Crippen LogP contribution in [0, 0.1) is 11.3 Å². The standard InChI is InChI=1S/C16H11F3N4/c1-2-13-12(9-20)15-21-7-6-14(23(15)22-13)10-4-3-5-11(8-10)16(17,18)19/h3-8H,2H2,1H3. The predicted octanol–water partition coefficient (Wildman–Crippen LogP) is 3.85. The second kappa shape index (κ2) is 5.39. The minimum atomic E-state index is -4.42. The molecule has 4 nitrogen and oxygen atoms in total. The fraction of sp³-hybridized carbons (Fsp3) is 0.188. The number of hydrogen-bond acceptors (Lipinski definition) is 3. The van der Waals surface area contributed by atoms with Crippen molar-refractivity contribution in [1.29, 1.82) is 5.26 Å². The predicted molar refractivity (Wildman–Crippen MR) is 77.5 cm³/mol. The molecule has 0 atom stereocenters. The number of nitriles is 1. The smallest absolute Gasteiger partial charge is 0.236 e. The Kier molecular flexibility index (Phi) is 3.52. The highest BCUT2D eigenvalue weighted by molar-refractivity contribution is 5.67. The highest BCUT2D eigenvalue weighted by atomic mass is 19.4. The second-order valence-corrected chi connectivity index (χ2v) is 4.93. The fourth-order valence-electron chi connectivity index (χ4n) is 2.42. The van der Waals surface area contributed by atoms with Crippen molar-refractivity contribution in [2.75, 3.05) is 0 Å². The van der Waals surface area contributed by atoms with Crippen LogP contribution in [0.4, 0.5) is 13.2 Å². The molecule has 2 aromatic heterocycles. The topological polar surface area (TPSA) is 54.0 Å². The summed E-state index contributed by atoms with van der Waals surface area (Å²) in [5, 5.41) is 13.6. The molecule has 0 bridgehead atoms. The molecule has 0 fully saturated rings. The molecule has 0 unspecified atom stereocenters. The molecule has 7 heteroatoms. The Morgan fingerprint density at radius 3 is 2.70 bits per heavy atom. The molecule has 0 spiro atoms. The van der Waals surface area contributed by atoms with Crippen LogP contribution in [0.3, 0.4) is 0 Å². The summed E-state index contributed by atoms with van der Waals surface area (Å²) in [6.07, 6.45) is -2.42. The van der Waals surface area contributed by atoms with E-state index >= 15 is 0 Å². The third-order valence-corrected chi connectivity index (χ3v) is 3.52.